The Morgan fingerprint density at radius 3 is 2.27 bits per heavy atom. The number of hydrogen-bond acceptors (Lipinski definition) is 3. The number of hydrogen-bond donors (Lipinski definition) is 1. The van der Waals surface area contributed by atoms with Crippen LogP contribution in [0.1, 0.15) is 11.5 Å². The smallest absolute Gasteiger partial charge is 0.182 e. The Morgan fingerprint density at radius 1 is 1.00 bits per heavy atom. The van der Waals surface area contributed by atoms with Gasteiger partial charge in [-0.25, -0.2) is 8.42 Å². The zero-order valence-electron chi connectivity index (χ0n) is 11.5. The van der Waals surface area contributed by atoms with E-state index >= 15 is 0 Å². The highest BCUT2D eigenvalue weighted by Gasteiger charge is 2.58. The van der Waals surface area contributed by atoms with E-state index in [0.717, 1.165) is 5.56 Å². The summed E-state index contributed by atoms with van der Waals surface area (Å²) in [5, 5.41) is 9.93. The fraction of sp³-hybridized carbons (Fsp3) is 0.250. The molecule has 0 unspecified atom stereocenters. The second-order valence-electron chi connectivity index (χ2n) is 5.39. The maximum Gasteiger partial charge on any atom is 0.182 e. The largest absolute Gasteiger partial charge is 0.396 e. The lowest BCUT2D eigenvalue weighted by molar-refractivity contribution is 0.274. The van der Waals surface area contributed by atoms with Crippen LogP contribution in [0.25, 0.3) is 0 Å². The van der Waals surface area contributed by atoms with Gasteiger partial charge in [0.25, 0.3) is 0 Å². The van der Waals surface area contributed by atoms with Crippen molar-refractivity contribution in [3.63, 3.8) is 0 Å². The summed E-state index contributed by atoms with van der Waals surface area (Å²) in [6.45, 7) is -0.172. The van der Waals surface area contributed by atoms with Crippen LogP contribution in [-0.2, 0) is 9.84 Å². The highest BCUT2D eigenvalue weighted by Crippen LogP contribution is 2.53. The summed E-state index contributed by atoms with van der Waals surface area (Å²) < 4.78 is 25.5. The Morgan fingerprint density at radius 2 is 1.68 bits per heavy atom. The predicted molar refractivity (Wildman–Crippen MR) is 87.2 cm³/mol. The maximum absolute atomic E-state index is 12.8. The van der Waals surface area contributed by atoms with Gasteiger partial charge in [-0.3, -0.25) is 0 Å². The molecule has 0 spiro atoms. The minimum Gasteiger partial charge on any atom is -0.396 e. The second-order valence-corrected chi connectivity index (χ2v) is 8.37. The first-order chi connectivity index (χ1) is 10.4. The van der Waals surface area contributed by atoms with Gasteiger partial charge in [0, 0.05) is 28.5 Å². The minimum absolute atomic E-state index is 0.172. The Kier molecular flexibility index (Phi) is 4.21. The van der Waals surface area contributed by atoms with Crippen LogP contribution in [0, 0.1) is 5.92 Å². The highest BCUT2D eigenvalue weighted by molar-refractivity contribution is 7.92. The fourth-order valence-corrected chi connectivity index (χ4v) is 5.44. The molecule has 0 aliphatic heterocycles. The topological polar surface area (TPSA) is 54.4 Å². The number of aliphatic hydroxyl groups excluding tert-OH is 1. The zero-order valence-corrected chi connectivity index (χ0v) is 13.8. The van der Waals surface area contributed by atoms with E-state index in [9.17, 15) is 13.5 Å². The summed E-state index contributed by atoms with van der Waals surface area (Å²) in [6.07, 6.45) is 0. The quantitative estimate of drug-likeness (QED) is 0.911. The van der Waals surface area contributed by atoms with Crippen molar-refractivity contribution in [3.8, 4) is 0 Å². The molecular weight excluding hydrogens is 343 g/mol. The van der Waals surface area contributed by atoms with E-state index in [0.29, 0.717) is 10.0 Å². The van der Waals surface area contributed by atoms with Crippen LogP contribution in [0.4, 0.5) is 0 Å². The van der Waals surface area contributed by atoms with Gasteiger partial charge < -0.3 is 5.11 Å². The van der Waals surface area contributed by atoms with E-state index in [1.807, 2.05) is 6.07 Å². The summed E-state index contributed by atoms with van der Waals surface area (Å²) in [5.74, 6) is -0.538. The first-order valence-electron chi connectivity index (χ1n) is 6.81. The molecule has 116 valence electrons. The van der Waals surface area contributed by atoms with Gasteiger partial charge >= 0.3 is 0 Å². The number of rotatable bonds is 4. The molecule has 0 saturated heterocycles. The van der Waals surface area contributed by atoms with Crippen molar-refractivity contribution in [2.24, 2.45) is 5.92 Å². The normalized spacial score (nSPS) is 24.2. The van der Waals surface area contributed by atoms with Crippen LogP contribution < -0.4 is 0 Å². The minimum atomic E-state index is -3.52. The van der Waals surface area contributed by atoms with Crippen molar-refractivity contribution in [2.75, 3.05) is 6.61 Å². The molecule has 0 aromatic heterocycles. The van der Waals surface area contributed by atoms with Gasteiger partial charge in [0.05, 0.1) is 10.1 Å². The molecule has 0 amide bonds. The van der Waals surface area contributed by atoms with Gasteiger partial charge in [0.2, 0.25) is 0 Å². The van der Waals surface area contributed by atoms with Gasteiger partial charge in [-0.2, -0.15) is 0 Å². The molecule has 2 aromatic carbocycles. The molecule has 0 radical (unpaired) electrons. The Hall–Kier alpha value is -1.07. The third-order valence-corrected chi connectivity index (χ3v) is 6.82. The van der Waals surface area contributed by atoms with Crippen LogP contribution in [0.2, 0.25) is 10.0 Å². The van der Waals surface area contributed by atoms with Crippen molar-refractivity contribution in [1.29, 1.82) is 0 Å². The van der Waals surface area contributed by atoms with Crippen LogP contribution in [0.5, 0.6) is 0 Å². The predicted octanol–water partition coefficient (Wildman–Crippen LogP) is 3.54. The summed E-state index contributed by atoms with van der Waals surface area (Å²) >= 11 is 11.8. The summed E-state index contributed by atoms with van der Waals surface area (Å²) in [7, 11) is -3.52. The monoisotopic (exact) mass is 356 g/mol. The summed E-state index contributed by atoms with van der Waals surface area (Å²) in [5.41, 5.74) is 0.842. The fourth-order valence-electron chi connectivity index (χ4n) is 2.92. The van der Waals surface area contributed by atoms with Crippen LogP contribution >= 0.6 is 23.2 Å². The molecule has 0 heterocycles. The summed E-state index contributed by atoms with van der Waals surface area (Å²) in [4.78, 5) is 0.227. The molecule has 3 atom stereocenters. The van der Waals surface area contributed by atoms with Crippen molar-refractivity contribution in [3.05, 3.63) is 64.1 Å². The Bertz CT molecular complexity index is 787. The molecule has 2 aromatic rings. The van der Waals surface area contributed by atoms with E-state index in [1.54, 1.807) is 30.3 Å². The molecule has 22 heavy (non-hydrogen) atoms. The average Bonchev–Trinajstić information content (AvgIpc) is 3.23. The molecule has 1 saturated carbocycles. The Balaban J connectivity index is 1.95. The summed E-state index contributed by atoms with van der Waals surface area (Å²) in [6, 6.07) is 13.2. The third-order valence-electron chi connectivity index (χ3n) is 4.04. The number of benzene rings is 2. The first kappa shape index (κ1) is 15.8. The lowest BCUT2D eigenvalue weighted by Crippen LogP contribution is -2.11. The molecule has 3 nitrogen and oxygen atoms in total. The van der Waals surface area contributed by atoms with Gasteiger partial charge in [0.15, 0.2) is 9.84 Å². The van der Waals surface area contributed by atoms with Crippen LogP contribution in [-0.4, -0.2) is 25.4 Å². The standard InChI is InChI=1S/C16H14Cl2O3S/c17-11-4-6-13(7-5-11)22(20,21)16-14(9-19)15(16)10-2-1-3-12(18)8-10/h1-8,14-16,19H,9H2/t14-,15-,16+/m0/s1. The molecule has 0 bridgehead atoms. The van der Waals surface area contributed by atoms with Crippen LogP contribution in [0.3, 0.4) is 0 Å². The van der Waals surface area contributed by atoms with Gasteiger partial charge in [0.1, 0.15) is 0 Å². The van der Waals surface area contributed by atoms with Crippen molar-refractivity contribution in [1.82, 2.24) is 0 Å². The van der Waals surface area contributed by atoms with Gasteiger partial charge in [-0.1, -0.05) is 35.3 Å². The molecule has 1 aliphatic rings. The SMILES string of the molecule is O=S(=O)(c1ccc(Cl)cc1)[C@@H]1[C@@H](CO)[C@@H]1c1cccc(Cl)c1. The highest BCUT2D eigenvalue weighted by atomic mass is 35.5. The first-order valence-corrected chi connectivity index (χ1v) is 9.11. The number of aliphatic hydroxyl groups is 1. The lowest BCUT2D eigenvalue weighted by atomic mass is 10.1. The van der Waals surface area contributed by atoms with Crippen LogP contribution in [0.15, 0.2) is 53.4 Å². The molecule has 1 N–H and O–H groups in total. The average molecular weight is 357 g/mol. The molecule has 3 rings (SSSR count). The lowest BCUT2D eigenvalue weighted by Gasteiger charge is -2.05. The van der Waals surface area contributed by atoms with Crippen molar-refractivity contribution < 1.29 is 13.5 Å². The Labute approximate surface area is 139 Å². The molecular formula is C16H14Cl2O3S. The van der Waals surface area contributed by atoms with E-state index in [4.69, 9.17) is 23.2 Å². The van der Waals surface area contributed by atoms with Crippen molar-refractivity contribution >= 4 is 33.0 Å². The molecule has 1 fully saturated rings. The molecule has 1 aliphatic carbocycles. The van der Waals surface area contributed by atoms with E-state index in [1.165, 1.54) is 12.1 Å². The number of halogens is 2. The third kappa shape index (κ3) is 2.76. The van der Waals surface area contributed by atoms with Gasteiger partial charge in [-0.05, 0) is 42.0 Å². The van der Waals surface area contributed by atoms with E-state index in [2.05, 4.69) is 0 Å². The molecule has 6 heteroatoms. The van der Waals surface area contributed by atoms with Gasteiger partial charge in [-0.15, -0.1) is 0 Å². The maximum atomic E-state index is 12.8. The van der Waals surface area contributed by atoms with Crippen molar-refractivity contribution in [2.45, 2.75) is 16.1 Å². The zero-order chi connectivity index (χ0) is 15.9. The van der Waals surface area contributed by atoms with E-state index < -0.39 is 15.1 Å². The number of sulfone groups is 1. The second kappa shape index (κ2) is 5.85. The van der Waals surface area contributed by atoms with E-state index in [-0.39, 0.29) is 23.3 Å².